The van der Waals surface area contributed by atoms with Crippen molar-refractivity contribution in [2.24, 2.45) is 5.16 Å². The van der Waals surface area contributed by atoms with Crippen LogP contribution in [0.5, 0.6) is 0 Å². The molecule has 0 aliphatic heterocycles. The summed E-state index contributed by atoms with van der Waals surface area (Å²) in [7, 11) is -2.92. The van der Waals surface area contributed by atoms with E-state index in [0.717, 1.165) is 31.4 Å². The minimum Gasteiger partial charge on any atom is -0.411 e. The van der Waals surface area contributed by atoms with Crippen LogP contribution in [0.3, 0.4) is 0 Å². The maximum Gasteiger partial charge on any atom is 0.152 e. The van der Waals surface area contributed by atoms with E-state index >= 15 is 0 Å². The van der Waals surface area contributed by atoms with Gasteiger partial charge in [0.15, 0.2) is 9.84 Å². The zero-order chi connectivity index (χ0) is 12.0. The summed E-state index contributed by atoms with van der Waals surface area (Å²) in [5.74, 6) is 0.267. The molecule has 0 heterocycles. The Balaban J connectivity index is 2.21. The van der Waals surface area contributed by atoms with Crippen LogP contribution < -0.4 is 0 Å². The van der Waals surface area contributed by atoms with E-state index in [2.05, 4.69) is 5.16 Å². The predicted octanol–water partition coefficient (Wildman–Crippen LogP) is 1.21. The minimum absolute atomic E-state index is 0.0982. The second-order valence-electron chi connectivity index (χ2n) is 3.97. The minimum atomic E-state index is -2.92. The Morgan fingerprint density at radius 2 is 2.06 bits per heavy atom. The molecule has 1 saturated carbocycles. The quantitative estimate of drug-likeness (QED) is 0.587. The van der Waals surface area contributed by atoms with Gasteiger partial charge in [0.2, 0.25) is 0 Å². The van der Waals surface area contributed by atoms with E-state index in [-0.39, 0.29) is 24.2 Å². The molecule has 0 spiro atoms. The third-order valence-corrected chi connectivity index (χ3v) is 4.51. The molecule has 0 bridgehead atoms. The van der Waals surface area contributed by atoms with Crippen LogP contribution >= 0.6 is 0 Å². The highest BCUT2D eigenvalue weighted by atomic mass is 32.2. The summed E-state index contributed by atoms with van der Waals surface area (Å²) in [5.41, 5.74) is 0.807. The molecule has 0 aromatic carbocycles. The number of rotatable bonds is 5. The van der Waals surface area contributed by atoms with Gasteiger partial charge in [-0.2, -0.15) is 0 Å². The van der Waals surface area contributed by atoms with Crippen molar-refractivity contribution in [3.8, 4) is 0 Å². The summed E-state index contributed by atoms with van der Waals surface area (Å²) < 4.78 is 27.9. The van der Waals surface area contributed by atoms with E-state index in [0.29, 0.717) is 0 Å². The Labute approximate surface area is 96.4 Å². The summed E-state index contributed by atoms with van der Waals surface area (Å²) in [6.07, 6.45) is 3.21. The van der Waals surface area contributed by atoms with Gasteiger partial charge in [-0.3, -0.25) is 0 Å². The average molecular weight is 249 g/mol. The highest BCUT2D eigenvalue weighted by Gasteiger charge is 2.19. The number of ether oxygens (including phenoxy) is 1. The van der Waals surface area contributed by atoms with Crippen molar-refractivity contribution >= 4 is 15.5 Å². The van der Waals surface area contributed by atoms with E-state index in [1.807, 2.05) is 0 Å². The van der Waals surface area contributed by atoms with E-state index in [1.54, 1.807) is 6.92 Å². The van der Waals surface area contributed by atoms with E-state index < -0.39 is 9.84 Å². The van der Waals surface area contributed by atoms with Gasteiger partial charge in [-0.15, -0.1) is 0 Å². The second-order valence-corrected chi connectivity index (χ2v) is 6.45. The molecular weight excluding hydrogens is 230 g/mol. The van der Waals surface area contributed by atoms with Crippen molar-refractivity contribution in [2.75, 3.05) is 18.1 Å². The Kier molecular flexibility index (Phi) is 5.21. The zero-order valence-corrected chi connectivity index (χ0v) is 10.4. The Morgan fingerprint density at radius 3 is 2.56 bits per heavy atom. The Bertz CT molecular complexity index is 327. The van der Waals surface area contributed by atoms with Crippen LogP contribution in [-0.4, -0.2) is 43.6 Å². The van der Waals surface area contributed by atoms with Crippen molar-refractivity contribution in [1.29, 1.82) is 0 Å². The molecule has 1 rings (SSSR count). The fourth-order valence-electron chi connectivity index (χ4n) is 1.68. The second kappa shape index (κ2) is 6.20. The number of hydrogen-bond acceptors (Lipinski definition) is 5. The van der Waals surface area contributed by atoms with E-state index in [1.165, 1.54) is 0 Å². The Hall–Kier alpha value is -0.620. The first-order valence-corrected chi connectivity index (χ1v) is 7.41. The molecule has 1 N–H and O–H groups in total. The van der Waals surface area contributed by atoms with Crippen LogP contribution in [-0.2, 0) is 14.6 Å². The lowest BCUT2D eigenvalue weighted by atomic mass is 9.96. The molecular formula is C10H19NO4S. The van der Waals surface area contributed by atoms with Crippen LogP contribution in [0.15, 0.2) is 5.16 Å². The zero-order valence-electron chi connectivity index (χ0n) is 9.55. The van der Waals surface area contributed by atoms with Gasteiger partial charge in [-0.05, 0) is 25.7 Å². The van der Waals surface area contributed by atoms with Gasteiger partial charge in [-0.1, -0.05) is 12.1 Å². The van der Waals surface area contributed by atoms with Crippen LogP contribution in [0.25, 0.3) is 0 Å². The van der Waals surface area contributed by atoms with Gasteiger partial charge >= 0.3 is 0 Å². The molecule has 0 aromatic rings. The topological polar surface area (TPSA) is 76.0 Å². The molecule has 1 fully saturated rings. The van der Waals surface area contributed by atoms with Crippen molar-refractivity contribution in [3.05, 3.63) is 0 Å². The number of sulfone groups is 1. The average Bonchev–Trinajstić information content (AvgIpc) is 2.30. The SMILES string of the molecule is CCS(=O)(=O)CCOC1CCC(=NO)CC1. The van der Waals surface area contributed by atoms with Crippen LogP contribution in [0.4, 0.5) is 0 Å². The lowest BCUT2D eigenvalue weighted by Crippen LogP contribution is -2.24. The number of oxime groups is 1. The number of nitrogens with zero attached hydrogens (tertiary/aromatic N) is 1. The van der Waals surface area contributed by atoms with Crippen LogP contribution in [0.1, 0.15) is 32.6 Å². The van der Waals surface area contributed by atoms with Gasteiger partial charge in [0.1, 0.15) is 0 Å². The normalized spacial score (nSPS) is 22.1. The molecule has 0 radical (unpaired) electrons. The maximum atomic E-state index is 11.2. The maximum absolute atomic E-state index is 11.2. The van der Waals surface area contributed by atoms with Gasteiger partial charge in [-0.25, -0.2) is 8.42 Å². The van der Waals surface area contributed by atoms with Crippen LogP contribution in [0, 0.1) is 0 Å². The molecule has 1 aliphatic rings. The molecule has 0 amide bonds. The van der Waals surface area contributed by atoms with Gasteiger partial charge in [0, 0.05) is 5.75 Å². The monoisotopic (exact) mass is 249 g/mol. The third kappa shape index (κ3) is 4.49. The highest BCUT2D eigenvalue weighted by molar-refractivity contribution is 7.91. The molecule has 1 aliphatic carbocycles. The third-order valence-electron chi connectivity index (χ3n) is 2.84. The molecule has 0 atom stereocenters. The van der Waals surface area contributed by atoms with Crippen molar-refractivity contribution in [3.63, 3.8) is 0 Å². The predicted molar refractivity (Wildman–Crippen MR) is 61.8 cm³/mol. The fraction of sp³-hybridized carbons (Fsp3) is 0.900. The molecule has 6 heteroatoms. The lowest BCUT2D eigenvalue weighted by molar-refractivity contribution is 0.0500. The largest absolute Gasteiger partial charge is 0.411 e. The standard InChI is InChI=1S/C10H19NO4S/c1-2-16(13,14)8-7-15-10-5-3-9(11-12)4-6-10/h10,12H,2-8H2,1H3. The fourth-order valence-corrected chi connectivity index (χ4v) is 2.32. The van der Waals surface area contributed by atoms with Crippen molar-refractivity contribution in [2.45, 2.75) is 38.7 Å². The van der Waals surface area contributed by atoms with Crippen molar-refractivity contribution < 1.29 is 18.4 Å². The van der Waals surface area contributed by atoms with Crippen molar-refractivity contribution in [1.82, 2.24) is 0 Å². The van der Waals surface area contributed by atoms with E-state index in [4.69, 9.17) is 9.94 Å². The molecule has 0 saturated heterocycles. The molecule has 16 heavy (non-hydrogen) atoms. The van der Waals surface area contributed by atoms with Gasteiger partial charge < -0.3 is 9.94 Å². The Morgan fingerprint density at radius 1 is 1.44 bits per heavy atom. The summed E-state index contributed by atoms with van der Waals surface area (Å²) in [5, 5.41) is 11.7. The lowest BCUT2D eigenvalue weighted by Gasteiger charge is -2.22. The first-order valence-electron chi connectivity index (χ1n) is 5.59. The molecule has 0 aromatic heterocycles. The smallest absolute Gasteiger partial charge is 0.152 e. The first-order chi connectivity index (χ1) is 7.57. The highest BCUT2D eigenvalue weighted by Crippen LogP contribution is 2.18. The van der Waals surface area contributed by atoms with Crippen LogP contribution in [0.2, 0.25) is 0 Å². The summed E-state index contributed by atoms with van der Waals surface area (Å²) >= 11 is 0. The first kappa shape index (κ1) is 13.4. The summed E-state index contributed by atoms with van der Waals surface area (Å²) in [6, 6.07) is 0. The molecule has 0 unspecified atom stereocenters. The van der Waals surface area contributed by atoms with Gasteiger partial charge in [0.05, 0.1) is 24.2 Å². The van der Waals surface area contributed by atoms with Gasteiger partial charge in [0.25, 0.3) is 0 Å². The summed E-state index contributed by atoms with van der Waals surface area (Å²) in [6.45, 7) is 1.91. The molecule has 5 nitrogen and oxygen atoms in total. The summed E-state index contributed by atoms with van der Waals surface area (Å²) in [4.78, 5) is 0. The molecule has 94 valence electrons. The van der Waals surface area contributed by atoms with E-state index in [9.17, 15) is 8.42 Å². The number of hydrogen-bond donors (Lipinski definition) is 1.